The fraction of sp³-hybridized carbons (Fsp3) is 0.833. The molecule has 0 radical (unpaired) electrons. The first-order chi connectivity index (χ1) is 4.33. The third kappa shape index (κ3) is 4.14. The fourth-order valence-corrected chi connectivity index (χ4v) is 0.579. The van der Waals surface area contributed by atoms with Gasteiger partial charge in [-0.15, -0.1) is 0 Å². The average molecular weight is 146 g/mol. The number of hydrogen-bond donors (Lipinski definition) is 2. The van der Waals surface area contributed by atoms with E-state index in [1.165, 1.54) is 0 Å². The van der Waals surface area contributed by atoms with E-state index in [-0.39, 0.29) is 5.41 Å². The van der Waals surface area contributed by atoms with E-state index >= 15 is 0 Å². The molecule has 60 valence electrons. The van der Waals surface area contributed by atoms with Gasteiger partial charge in [-0.25, -0.2) is 15.6 Å². The van der Waals surface area contributed by atoms with Crippen LogP contribution in [0.3, 0.4) is 0 Å². The van der Waals surface area contributed by atoms with Gasteiger partial charge in [0.05, 0.1) is 0 Å². The van der Waals surface area contributed by atoms with Crippen molar-refractivity contribution in [3.05, 3.63) is 0 Å². The van der Waals surface area contributed by atoms with Crippen molar-refractivity contribution in [2.24, 2.45) is 11.3 Å². The van der Waals surface area contributed by atoms with E-state index in [4.69, 9.17) is 10.9 Å². The Bertz CT molecular complexity index is 128. The van der Waals surface area contributed by atoms with Crippen LogP contribution in [0.1, 0.15) is 20.8 Å². The Kier molecular flexibility index (Phi) is 2.65. The molecule has 0 fully saturated rings. The molecular weight excluding hydrogens is 132 g/mol. The Morgan fingerprint density at radius 3 is 2.10 bits per heavy atom. The van der Waals surface area contributed by atoms with Gasteiger partial charge in [-0.2, -0.15) is 0 Å². The number of carbonyl (C=O) groups is 1. The number of amides is 1. The summed E-state index contributed by atoms with van der Waals surface area (Å²) in [7, 11) is 0. The number of nitrogens with two attached hydrogens (primary N) is 1. The second-order valence-electron chi connectivity index (χ2n) is 3.47. The molecule has 0 heterocycles. The van der Waals surface area contributed by atoms with Crippen molar-refractivity contribution in [1.29, 1.82) is 0 Å². The van der Waals surface area contributed by atoms with Crippen LogP contribution in [0.25, 0.3) is 0 Å². The average Bonchev–Trinajstić information content (AvgIpc) is 1.60. The summed E-state index contributed by atoms with van der Waals surface area (Å²) in [6.07, 6.45) is -1.09. The molecule has 0 aromatic rings. The first kappa shape index (κ1) is 9.23. The van der Waals surface area contributed by atoms with Gasteiger partial charge >= 0.3 is 6.09 Å². The summed E-state index contributed by atoms with van der Waals surface area (Å²) in [4.78, 5) is 10.2. The highest BCUT2D eigenvalue weighted by atomic mass is 16.4. The Labute approximate surface area is 60.6 Å². The second kappa shape index (κ2) is 2.88. The SMILES string of the molecule is CC(C)(C)CN(N)C(=O)O. The van der Waals surface area contributed by atoms with Crippen LogP contribution in [-0.2, 0) is 0 Å². The maximum atomic E-state index is 10.2. The number of carboxylic acid groups (broad SMARTS) is 1. The molecule has 4 heteroatoms. The van der Waals surface area contributed by atoms with Crippen LogP contribution >= 0.6 is 0 Å². The number of hydrogen-bond acceptors (Lipinski definition) is 2. The molecule has 0 bridgehead atoms. The topological polar surface area (TPSA) is 66.6 Å². The normalized spacial score (nSPS) is 11.2. The van der Waals surface area contributed by atoms with Crippen LogP contribution in [0.5, 0.6) is 0 Å². The molecule has 0 saturated heterocycles. The Hall–Kier alpha value is -0.770. The second-order valence-corrected chi connectivity index (χ2v) is 3.47. The van der Waals surface area contributed by atoms with Gasteiger partial charge in [0.1, 0.15) is 0 Å². The van der Waals surface area contributed by atoms with Gasteiger partial charge in [0.2, 0.25) is 0 Å². The van der Waals surface area contributed by atoms with Gasteiger partial charge in [-0.1, -0.05) is 20.8 Å². The molecule has 3 N–H and O–H groups in total. The lowest BCUT2D eigenvalue weighted by Crippen LogP contribution is -2.41. The molecule has 0 spiro atoms. The number of rotatable bonds is 1. The van der Waals surface area contributed by atoms with Crippen molar-refractivity contribution in [3.8, 4) is 0 Å². The lowest BCUT2D eigenvalue weighted by atomic mass is 9.97. The van der Waals surface area contributed by atoms with Crippen LogP contribution in [0.2, 0.25) is 0 Å². The van der Waals surface area contributed by atoms with Gasteiger partial charge in [0.25, 0.3) is 0 Å². The highest BCUT2D eigenvalue weighted by Gasteiger charge is 2.16. The lowest BCUT2D eigenvalue weighted by molar-refractivity contribution is 0.127. The predicted octanol–water partition coefficient (Wildman–Crippen LogP) is 0.886. The highest BCUT2D eigenvalue weighted by Crippen LogP contribution is 2.12. The van der Waals surface area contributed by atoms with Crippen LogP contribution in [0.15, 0.2) is 0 Å². The van der Waals surface area contributed by atoms with Crippen molar-refractivity contribution in [2.45, 2.75) is 20.8 Å². The van der Waals surface area contributed by atoms with E-state index in [0.717, 1.165) is 5.01 Å². The molecule has 0 unspecified atom stereocenters. The molecule has 10 heavy (non-hydrogen) atoms. The van der Waals surface area contributed by atoms with Crippen LogP contribution in [0, 0.1) is 5.41 Å². The number of hydrazine groups is 1. The highest BCUT2D eigenvalue weighted by molar-refractivity contribution is 5.64. The van der Waals surface area contributed by atoms with Crippen molar-refractivity contribution < 1.29 is 9.90 Å². The summed E-state index contributed by atoms with van der Waals surface area (Å²) >= 11 is 0. The van der Waals surface area contributed by atoms with E-state index in [1.807, 2.05) is 20.8 Å². The summed E-state index contributed by atoms with van der Waals surface area (Å²) in [5.41, 5.74) is -0.0762. The van der Waals surface area contributed by atoms with Crippen molar-refractivity contribution >= 4 is 6.09 Å². The fourth-order valence-electron chi connectivity index (χ4n) is 0.579. The van der Waals surface area contributed by atoms with Crippen LogP contribution < -0.4 is 5.84 Å². The molecule has 0 aliphatic carbocycles. The zero-order valence-corrected chi connectivity index (χ0v) is 6.59. The molecule has 0 aromatic carbocycles. The molecule has 0 atom stereocenters. The van der Waals surface area contributed by atoms with Gasteiger partial charge in [-0.3, -0.25) is 0 Å². The smallest absolute Gasteiger partial charge is 0.421 e. The quantitative estimate of drug-likeness (QED) is 0.328. The van der Waals surface area contributed by atoms with Crippen molar-refractivity contribution in [2.75, 3.05) is 6.54 Å². The van der Waals surface area contributed by atoms with E-state index in [2.05, 4.69) is 0 Å². The minimum Gasteiger partial charge on any atom is -0.464 e. The summed E-state index contributed by atoms with van der Waals surface area (Å²) in [6.45, 7) is 6.13. The zero-order chi connectivity index (χ0) is 8.36. The van der Waals surface area contributed by atoms with Crippen LogP contribution in [0.4, 0.5) is 4.79 Å². The summed E-state index contributed by atoms with van der Waals surface area (Å²) in [6, 6.07) is 0. The van der Waals surface area contributed by atoms with E-state index in [9.17, 15) is 4.79 Å². The lowest BCUT2D eigenvalue weighted by Gasteiger charge is -2.23. The molecule has 4 nitrogen and oxygen atoms in total. The van der Waals surface area contributed by atoms with Gasteiger partial charge in [0.15, 0.2) is 0 Å². The molecule has 0 rings (SSSR count). The maximum absolute atomic E-state index is 10.2. The molecule has 0 aromatic heterocycles. The van der Waals surface area contributed by atoms with Crippen LogP contribution in [-0.4, -0.2) is 22.8 Å². The first-order valence-electron chi connectivity index (χ1n) is 3.08. The zero-order valence-electron chi connectivity index (χ0n) is 6.59. The Morgan fingerprint density at radius 2 is 2.00 bits per heavy atom. The molecular formula is C6H14N2O2. The number of nitrogens with zero attached hydrogens (tertiary/aromatic N) is 1. The maximum Gasteiger partial charge on any atom is 0.421 e. The summed E-state index contributed by atoms with van der Waals surface area (Å²) in [5.74, 6) is 5.14. The minimum absolute atomic E-state index is 0.0762. The van der Waals surface area contributed by atoms with E-state index in [1.54, 1.807) is 0 Å². The molecule has 0 aliphatic heterocycles. The predicted molar refractivity (Wildman–Crippen MR) is 38.4 cm³/mol. The standard InChI is InChI=1S/C6H14N2O2/c1-6(2,3)4-8(7)5(9)10/h4,7H2,1-3H3,(H,9,10). The Morgan fingerprint density at radius 1 is 1.60 bits per heavy atom. The monoisotopic (exact) mass is 146 g/mol. The third-order valence-electron chi connectivity index (χ3n) is 0.890. The van der Waals surface area contributed by atoms with Crippen molar-refractivity contribution in [1.82, 2.24) is 5.01 Å². The first-order valence-corrected chi connectivity index (χ1v) is 3.08. The van der Waals surface area contributed by atoms with E-state index < -0.39 is 6.09 Å². The molecule has 0 aliphatic rings. The summed E-state index contributed by atoms with van der Waals surface area (Å²) in [5, 5.41) is 9.14. The van der Waals surface area contributed by atoms with Gasteiger partial charge in [-0.05, 0) is 5.41 Å². The van der Waals surface area contributed by atoms with Crippen molar-refractivity contribution in [3.63, 3.8) is 0 Å². The molecule has 0 saturated carbocycles. The minimum atomic E-state index is -1.09. The van der Waals surface area contributed by atoms with Gasteiger partial charge < -0.3 is 5.11 Å². The summed E-state index contributed by atoms with van der Waals surface area (Å²) < 4.78 is 0. The Balaban J connectivity index is 3.80. The third-order valence-corrected chi connectivity index (χ3v) is 0.890. The molecule has 1 amide bonds. The van der Waals surface area contributed by atoms with E-state index in [0.29, 0.717) is 6.54 Å². The van der Waals surface area contributed by atoms with Gasteiger partial charge in [0, 0.05) is 6.54 Å². The largest absolute Gasteiger partial charge is 0.464 e.